The van der Waals surface area contributed by atoms with E-state index in [9.17, 15) is 0 Å². The predicted octanol–water partition coefficient (Wildman–Crippen LogP) is 2.87. The van der Waals surface area contributed by atoms with Crippen molar-refractivity contribution in [2.24, 2.45) is 5.92 Å². The first-order chi connectivity index (χ1) is 6.61. The molecule has 0 unspecified atom stereocenters. The Kier molecular flexibility index (Phi) is 4.32. The van der Waals surface area contributed by atoms with Gasteiger partial charge in [-0.05, 0) is 21.8 Å². The number of hydrogen-bond donors (Lipinski definition) is 1. The molecule has 1 N–H and O–H groups in total. The van der Waals surface area contributed by atoms with Crippen molar-refractivity contribution in [2.75, 3.05) is 11.9 Å². The van der Waals surface area contributed by atoms with Crippen molar-refractivity contribution in [2.45, 2.75) is 27.2 Å². The molecule has 0 fully saturated rings. The normalized spacial score (nSPS) is 10.6. The number of halogens is 1. The van der Waals surface area contributed by atoms with Gasteiger partial charge in [0.2, 0.25) is 0 Å². The van der Waals surface area contributed by atoms with Crippen LogP contribution in [0.4, 0.5) is 5.82 Å². The number of aryl methyl sites for hydroxylation is 1. The maximum atomic E-state index is 4.37. The van der Waals surface area contributed by atoms with Gasteiger partial charge in [0, 0.05) is 19.0 Å². The predicted molar refractivity (Wildman–Crippen MR) is 62.4 cm³/mol. The highest BCUT2D eigenvalue weighted by Crippen LogP contribution is 2.12. The summed E-state index contributed by atoms with van der Waals surface area (Å²) in [7, 11) is 0. The van der Waals surface area contributed by atoms with Gasteiger partial charge in [0.1, 0.15) is 16.2 Å². The highest BCUT2D eigenvalue weighted by Gasteiger charge is 2.01. The average Bonchev–Trinajstić information content (AvgIpc) is 2.14. The maximum absolute atomic E-state index is 4.37. The molecule has 1 rings (SSSR count). The van der Waals surface area contributed by atoms with Gasteiger partial charge in [0.15, 0.2) is 0 Å². The molecular formula is C10H16BrN3. The molecule has 78 valence electrons. The summed E-state index contributed by atoms with van der Waals surface area (Å²) in [5.74, 6) is 2.39. The summed E-state index contributed by atoms with van der Waals surface area (Å²) in [5.41, 5.74) is 0. The summed E-state index contributed by atoms with van der Waals surface area (Å²) in [4.78, 5) is 8.62. The number of hydrogen-bond acceptors (Lipinski definition) is 3. The second kappa shape index (κ2) is 5.29. The van der Waals surface area contributed by atoms with E-state index in [2.05, 4.69) is 45.1 Å². The third-order valence-electron chi connectivity index (χ3n) is 1.75. The first kappa shape index (κ1) is 11.4. The highest BCUT2D eigenvalue weighted by atomic mass is 79.9. The quantitative estimate of drug-likeness (QED) is 0.844. The van der Waals surface area contributed by atoms with Crippen molar-refractivity contribution in [3.8, 4) is 0 Å². The van der Waals surface area contributed by atoms with E-state index in [4.69, 9.17) is 0 Å². The molecule has 0 saturated heterocycles. The monoisotopic (exact) mass is 257 g/mol. The van der Waals surface area contributed by atoms with Crippen LogP contribution in [0.15, 0.2) is 10.7 Å². The van der Waals surface area contributed by atoms with Gasteiger partial charge in [0.05, 0.1) is 0 Å². The molecule has 1 aromatic rings. The van der Waals surface area contributed by atoms with Gasteiger partial charge in [0.25, 0.3) is 0 Å². The van der Waals surface area contributed by atoms with E-state index < -0.39 is 0 Å². The Morgan fingerprint density at radius 1 is 1.43 bits per heavy atom. The largest absolute Gasteiger partial charge is 0.370 e. The fourth-order valence-corrected chi connectivity index (χ4v) is 1.44. The molecule has 0 aliphatic rings. The number of aromatic nitrogens is 2. The minimum Gasteiger partial charge on any atom is -0.370 e. The summed E-state index contributed by atoms with van der Waals surface area (Å²) >= 11 is 3.37. The summed E-state index contributed by atoms with van der Waals surface area (Å²) in [6.07, 6.45) is 0.857. The molecule has 0 saturated carbocycles. The van der Waals surface area contributed by atoms with Gasteiger partial charge < -0.3 is 5.32 Å². The maximum Gasteiger partial charge on any atom is 0.131 e. The number of anilines is 1. The number of nitrogens with zero attached hydrogens (tertiary/aromatic N) is 2. The molecule has 0 aliphatic carbocycles. The van der Waals surface area contributed by atoms with Crippen molar-refractivity contribution in [1.82, 2.24) is 9.97 Å². The zero-order valence-electron chi connectivity index (χ0n) is 8.84. The van der Waals surface area contributed by atoms with Crippen molar-refractivity contribution in [3.63, 3.8) is 0 Å². The average molecular weight is 258 g/mol. The second-order valence-corrected chi connectivity index (χ2v) is 4.43. The van der Waals surface area contributed by atoms with Crippen LogP contribution in [0, 0.1) is 5.92 Å². The minimum absolute atomic E-state index is 0.619. The smallest absolute Gasteiger partial charge is 0.131 e. The molecular weight excluding hydrogens is 242 g/mol. The van der Waals surface area contributed by atoms with Crippen LogP contribution in [-0.2, 0) is 6.42 Å². The Morgan fingerprint density at radius 2 is 2.14 bits per heavy atom. The van der Waals surface area contributed by atoms with Crippen LogP contribution >= 0.6 is 15.9 Å². The molecule has 14 heavy (non-hydrogen) atoms. The molecule has 1 aromatic heterocycles. The molecule has 0 aromatic carbocycles. The van der Waals surface area contributed by atoms with Crippen LogP contribution in [0.2, 0.25) is 0 Å². The summed E-state index contributed by atoms with van der Waals surface area (Å²) in [6, 6.07) is 1.90. The SMILES string of the molecule is CCc1nc(Br)cc(NCC(C)C)n1. The molecule has 0 amide bonds. The van der Waals surface area contributed by atoms with Crippen LogP contribution in [0.1, 0.15) is 26.6 Å². The molecule has 3 nitrogen and oxygen atoms in total. The lowest BCUT2D eigenvalue weighted by molar-refractivity contribution is 0.686. The Bertz CT molecular complexity index is 299. The molecule has 0 radical (unpaired) electrons. The summed E-state index contributed by atoms with van der Waals surface area (Å²) in [6.45, 7) is 7.33. The Hall–Kier alpha value is -0.640. The van der Waals surface area contributed by atoms with Crippen molar-refractivity contribution >= 4 is 21.7 Å². The van der Waals surface area contributed by atoms with Gasteiger partial charge in [-0.1, -0.05) is 20.8 Å². The van der Waals surface area contributed by atoms with Crippen LogP contribution in [0.3, 0.4) is 0 Å². The number of rotatable bonds is 4. The van der Waals surface area contributed by atoms with Gasteiger partial charge in [-0.25, -0.2) is 9.97 Å². The van der Waals surface area contributed by atoms with E-state index in [1.807, 2.05) is 13.0 Å². The Morgan fingerprint density at radius 3 is 2.71 bits per heavy atom. The lowest BCUT2D eigenvalue weighted by atomic mass is 10.2. The molecule has 4 heteroatoms. The van der Waals surface area contributed by atoms with E-state index in [0.29, 0.717) is 5.92 Å². The van der Waals surface area contributed by atoms with E-state index in [1.54, 1.807) is 0 Å². The zero-order chi connectivity index (χ0) is 10.6. The second-order valence-electron chi connectivity index (χ2n) is 3.62. The third-order valence-corrected chi connectivity index (χ3v) is 2.16. The molecule has 1 heterocycles. The first-order valence-corrected chi connectivity index (χ1v) is 5.68. The van der Waals surface area contributed by atoms with Crippen molar-refractivity contribution in [1.29, 1.82) is 0 Å². The first-order valence-electron chi connectivity index (χ1n) is 4.89. The minimum atomic E-state index is 0.619. The summed E-state index contributed by atoms with van der Waals surface area (Å²) < 4.78 is 0.843. The molecule has 0 aliphatic heterocycles. The topological polar surface area (TPSA) is 37.8 Å². The van der Waals surface area contributed by atoms with Gasteiger partial charge in [-0.15, -0.1) is 0 Å². The molecule has 0 bridgehead atoms. The zero-order valence-corrected chi connectivity index (χ0v) is 10.4. The molecule has 0 spiro atoms. The highest BCUT2D eigenvalue weighted by molar-refractivity contribution is 9.10. The van der Waals surface area contributed by atoms with E-state index >= 15 is 0 Å². The van der Waals surface area contributed by atoms with Crippen LogP contribution < -0.4 is 5.32 Å². The van der Waals surface area contributed by atoms with Gasteiger partial charge in [-0.3, -0.25) is 0 Å². The Balaban J connectivity index is 2.71. The van der Waals surface area contributed by atoms with E-state index in [0.717, 1.165) is 29.2 Å². The third kappa shape index (κ3) is 3.62. The van der Waals surface area contributed by atoms with Crippen molar-refractivity contribution in [3.05, 3.63) is 16.5 Å². The van der Waals surface area contributed by atoms with E-state index in [1.165, 1.54) is 0 Å². The van der Waals surface area contributed by atoms with Crippen molar-refractivity contribution < 1.29 is 0 Å². The van der Waals surface area contributed by atoms with E-state index in [-0.39, 0.29) is 0 Å². The lowest BCUT2D eigenvalue weighted by Crippen LogP contribution is -2.10. The van der Waals surface area contributed by atoms with Crippen LogP contribution in [-0.4, -0.2) is 16.5 Å². The fourth-order valence-electron chi connectivity index (χ4n) is 1.02. The van der Waals surface area contributed by atoms with Gasteiger partial charge in [-0.2, -0.15) is 0 Å². The van der Waals surface area contributed by atoms with Crippen LogP contribution in [0.5, 0.6) is 0 Å². The lowest BCUT2D eigenvalue weighted by Gasteiger charge is -2.09. The standard InChI is InChI=1S/C10H16BrN3/c1-4-9-13-8(11)5-10(14-9)12-6-7(2)3/h5,7H,4,6H2,1-3H3,(H,12,13,14). The fraction of sp³-hybridized carbons (Fsp3) is 0.600. The number of nitrogens with one attached hydrogen (secondary N) is 1. The van der Waals surface area contributed by atoms with Gasteiger partial charge >= 0.3 is 0 Å². The Labute approximate surface area is 93.5 Å². The van der Waals surface area contributed by atoms with Crippen LogP contribution in [0.25, 0.3) is 0 Å². The summed E-state index contributed by atoms with van der Waals surface area (Å²) in [5, 5.41) is 3.28. The molecule has 0 atom stereocenters.